The van der Waals surface area contributed by atoms with Crippen molar-refractivity contribution in [1.82, 2.24) is 0 Å². The number of rotatable bonds is 2. The third kappa shape index (κ3) is 1.71. The van der Waals surface area contributed by atoms with Crippen LogP contribution in [0.15, 0.2) is 18.2 Å². The minimum atomic E-state index is 0.404. The van der Waals surface area contributed by atoms with Crippen molar-refractivity contribution in [2.75, 3.05) is 0 Å². The fourth-order valence-electron chi connectivity index (χ4n) is 0.806. The van der Waals surface area contributed by atoms with Crippen LogP contribution in [0.2, 0.25) is 0 Å². The second-order valence-corrected chi connectivity index (χ2v) is 2.39. The fraction of sp³-hybridized carbons (Fsp3) is 0.125. The van der Waals surface area contributed by atoms with Gasteiger partial charge in [0, 0.05) is 0 Å². The lowest BCUT2D eigenvalue weighted by Gasteiger charge is -1.99. The summed E-state index contributed by atoms with van der Waals surface area (Å²) in [6, 6.07) is 5.19. The van der Waals surface area contributed by atoms with Crippen LogP contribution in [0.25, 0.3) is 0 Å². The Morgan fingerprint density at radius 1 is 1.55 bits per heavy atom. The molecule has 1 aromatic rings. The van der Waals surface area contributed by atoms with Crippen LogP contribution in [0.4, 0.5) is 0 Å². The predicted molar refractivity (Wildman–Crippen MR) is 43.0 cm³/mol. The molecule has 0 saturated heterocycles. The van der Waals surface area contributed by atoms with Crippen molar-refractivity contribution in [2.24, 2.45) is 0 Å². The molecular weight excluding hydrogens is 164 g/mol. The van der Waals surface area contributed by atoms with Crippen LogP contribution in [0, 0.1) is 6.92 Å². The van der Waals surface area contributed by atoms with Gasteiger partial charge in [-0.2, -0.15) is 0 Å². The highest BCUT2D eigenvalue weighted by molar-refractivity contribution is 6.09. The summed E-state index contributed by atoms with van der Waals surface area (Å²) >= 11 is 5.12. The smallest absolute Gasteiger partial charge is 0.157 e. The molecule has 0 radical (unpaired) electrons. The van der Waals surface area contributed by atoms with Gasteiger partial charge in [-0.25, -0.2) is 0 Å². The third-order valence-corrected chi connectivity index (χ3v) is 1.55. The molecule has 0 aliphatic carbocycles. The summed E-state index contributed by atoms with van der Waals surface area (Å²) < 4.78 is 4.46. The summed E-state index contributed by atoms with van der Waals surface area (Å²) in [6.45, 7) is 1.90. The van der Waals surface area contributed by atoms with E-state index in [0.717, 1.165) is 5.56 Å². The number of benzene rings is 1. The van der Waals surface area contributed by atoms with Gasteiger partial charge in [0.15, 0.2) is 12.0 Å². The molecule has 0 heterocycles. The number of carbonyl (C=O) groups excluding carboxylic acids is 1. The average molecular weight is 171 g/mol. The lowest BCUT2D eigenvalue weighted by Crippen LogP contribution is -1.86. The van der Waals surface area contributed by atoms with Crippen molar-refractivity contribution >= 4 is 18.2 Å². The first kappa shape index (κ1) is 8.08. The number of halogens is 1. The van der Waals surface area contributed by atoms with Gasteiger partial charge < -0.3 is 4.29 Å². The van der Waals surface area contributed by atoms with E-state index in [9.17, 15) is 4.79 Å². The van der Waals surface area contributed by atoms with Crippen molar-refractivity contribution < 1.29 is 9.08 Å². The molecule has 0 atom stereocenters. The predicted octanol–water partition coefficient (Wildman–Crippen LogP) is 2.34. The van der Waals surface area contributed by atoms with E-state index in [1.165, 1.54) is 0 Å². The van der Waals surface area contributed by atoms with E-state index in [2.05, 4.69) is 4.29 Å². The van der Waals surface area contributed by atoms with Gasteiger partial charge in [-0.15, -0.1) is 0 Å². The van der Waals surface area contributed by atoms with Crippen molar-refractivity contribution in [2.45, 2.75) is 6.92 Å². The highest BCUT2D eigenvalue weighted by Gasteiger charge is 2.01. The van der Waals surface area contributed by atoms with Crippen molar-refractivity contribution in [3.05, 3.63) is 29.3 Å². The molecule has 2 nitrogen and oxygen atoms in total. The zero-order chi connectivity index (χ0) is 8.27. The maximum absolute atomic E-state index is 10.4. The second-order valence-electron chi connectivity index (χ2n) is 2.24. The fourth-order valence-corrected chi connectivity index (χ4v) is 0.939. The van der Waals surface area contributed by atoms with E-state index in [0.29, 0.717) is 17.6 Å². The monoisotopic (exact) mass is 170 g/mol. The number of aryl methyl sites for hydroxylation is 1. The quantitative estimate of drug-likeness (QED) is 0.637. The molecule has 0 saturated carbocycles. The van der Waals surface area contributed by atoms with Gasteiger partial charge in [-0.1, -0.05) is 6.07 Å². The minimum absolute atomic E-state index is 0.404. The Balaban J connectivity index is 3.16. The van der Waals surface area contributed by atoms with Crippen LogP contribution >= 0.6 is 11.9 Å². The molecule has 0 aliphatic rings. The van der Waals surface area contributed by atoms with Gasteiger partial charge in [-0.05, 0) is 24.6 Å². The second kappa shape index (κ2) is 3.39. The van der Waals surface area contributed by atoms with Gasteiger partial charge in [0.05, 0.1) is 5.56 Å². The standard InChI is InChI=1S/C8H7ClO2/c1-6-2-3-7(5-10)8(4-6)11-9/h2-5H,1H3. The van der Waals surface area contributed by atoms with E-state index in [-0.39, 0.29) is 0 Å². The van der Waals surface area contributed by atoms with E-state index in [1.807, 2.05) is 13.0 Å². The van der Waals surface area contributed by atoms with E-state index in [1.54, 1.807) is 12.1 Å². The first-order valence-electron chi connectivity index (χ1n) is 3.12. The Morgan fingerprint density at radius 3 is 2.82 bits per heavy atom. The molecule has 0 N–H and O–H groups in total. The van der Waals surface area contributed by atoms with Crippen LogP contribution in [0.5, 0.6) is 5.75 Å². The van der Waals surface area contributed by atoms with Crippen LogP contribution in [-0.4, -0.2) is 6.29 Å². The zero-order valence-electron chi connectivity index (χ0n) is 6.00. The molecule has 1 rings (SSSR count). The Kier molecular flexibility index (Phi) is 2.49. The summed E-state index contributed by atoms with van der Waals surface area (Å²) in [6.07, 6.45) is 0.706. The molecule has 11 heavy (non-hydrogen) atoms. The molecule has 0 spiro atoms. The van der Waals surface area contributed by atoms with Gasteiger partial charge in [-0.3, -0.25) is 4.79 Å². The number of hydrogen-bond donors (Lipinski definition) is 0. The molecule has 0 amide bonds. The van der Waals surface area contributed by atoms with Crippen LogP contribution < -0.4 is 4.29 Å². The van der Waals surface area contributed by atoms with Crippen LogP contribution in [0.1, 0.15) is 15.9 Å². The summed E-state index contributed by atoms with van der Waals surface area (Å²) in [7, 11) is 0. The molecule has 0 unspecified atom stereocenters. The van der Waals surface area contributed by atoms with Crippen LogP contribution in [-0.2, 0) is 0 Å². The number of carbonyl (C=O) groups is 1. The molecular formula is C8H7ClO2. The highest BCUT2D eigenvalue weighted by Crippen LogP contribution is 2.19. The molecule has 1 aromatic carbocycles. The van der Waals surface area contributed by atoms with Gasteiger partial charge in [0.25, 0.3) is 0 Å². The summed E-state index contributed by atoms with van der Waals surface area (Å²) in [4.78, 5) is 10.4. The van der Waals surface area contributed by atoms with Crippen molar-refractivity contribution in [3.63, 3.8) is 0 Å². The maximum Gasteiger partial charge on any atom is 0.157 e. The SMILES string of the molecule is Cc1ccc(C=O)c(OCl)c1. The largest absolute Gasteiger partial charge is 0.385 e. The highest BCUT2D eigenvalue weighted by atomic mass is 35.5. The zero-order valence-corrected chi connectivity index (χ0v) is 6.76. The molecule has 3 heteroatoms. The van der Waals surface area contributed by atoms with Gasteiger partial charge in [0.1, 0.15) is 11.9 Å². The van der Waals surface area contributed by atoms with Gasteiger partial charge >= 0.3 is 0 Å². The number of hydrogen-bond acceptors (Lipinski definition) is 2. The Labute approximate surface area is 69.9 Å². The maximum atomic E-state index is 10.4. The molecule has 0 bridgehead atoms. The van der Waals surface area contributed by atoms with Crippen molar-refractivity contribution in [3.8, 4) is 5.75 Å². The Morgan fingerprint density at radius 2 is 2.27 bits per heavy atom. The molecule has 0 aromatic heterocycles. The summed E-state index contributed by atoms with van der Waals surface area (Å²) in [5.74, 6) is 0.404. The first-order valence-corrected chi connectivity index (χ1v) is 3.43. The van der Waals surface area contributed by atoms with Crippen molar-refractivity contribution in [1.29, 1.82) is 0 Å². The topological polar surface area (TPSA) is 26.3 Å². The summed E-state index contributed by atoms with van der Waals surface area (Å²) in [5.41, 5.74) is 1.47. The normalized spacial score (nSPS) is 9.27. The summed E-state index contributed by atoms with van der Waals surface area (Å²) in [5, 5.41) is 0. The first-order chi connectivity index (χ1) is 5.27. The van der Waals surface area contributed by atoms with E-state index >= 15 is 0 Å². The molecule has 0 fully saturated rings. The number of aldehydes is 1. The Bertz CT molecular complexity index is 271. The average Bonchev–Trinajstić information content (AvgIpc) is 2.04. The molecule has 58 valence electrons. The van der Waals surface area contributed by atoms with E-state index < -0.39 is 0 Å². The lowest BCUT2D eigenvalue weighted by atomic mass is 10.1. The Hall–Kier alpha value is -1.02. The van der Waals surface area contributed by atoms with E-state index in [4.69, 9.17) is 11.9 Å². The lowest BCUT2D eigenvalue weighted by molar-refractivity contribution is 0.112. The van der Waals surface area contributed by atoms with Gasteiger partial charge in [0.2, 0.25) is 0 Å². The third-order valence-electron chi connectivity index (χ3n) is 1.38. The molecule has 0 aliphatic heterocycles. The minimum Gasteiger partial charge on any atom is -0.385 e. The van der Waals surface area contributed by atoms with Crippen LogP contribution in [0.3, 0.4) is 0 Å².